The summed E-state index contributed by atoms with van der Waals surface area (Å²) in [5, 5.41) is 10.0. The van der Waals surface area contributed by atoms with Gasteiger partial charge >= 0.3 is 5.97 Å². The summed E-state index contributed by atoms with van der Waals surface area (Å²) in [4.78, 5) is 31.7. The molecule has 0 unspecified atom stereocenters. The Labute approximate surface area is 167 Å². The van der Waals surface area contributed by atoms with Crippen molar-refractivity contribution in [3.05, 3.63) is 59.9 Å². The highest BCUT2D eigenvalue weighted by Gasteiger charge is 2.22. The fraction of sp³-hybridized carbons (Fsp3) is 0.227. The summed E-state index contributed by atoms with van der Waals surface area (Å²) < 4.78 is 13.4. The smallest absolute Gasteiger partial charge is 0.335 e. The van der Waals surface area contributed by atoms with Gasteiger partial charge in [-0.2, -0.15) is 0 Å². The third kappa shape index (κ3) is 3.76. The zero-order valence-corrected chi connectivity index (χ0v) is 15.9. The minimum Gasteiger partial charge on any atom is -0.478 e. The topological polar surface area (TPSA) is 73.7 Å². The van der Waals surface area contributed by atoms with Crippen LogP contribution in [-0.2, 0) is 4.79 Å². The lowest BCUT2D eigenvalue weighted by Crippen LogP contribution is -2.48. The van der Waals surface area contributed by atoms with Gasteiger partial charge in [-0.25, -0.2) is 14.2 Å². The lowest BCUT2D eigenvalue weighted by Gasteiger charge is -2.36. The predicted octanol–water partition coefficient (Wildman–Crippen LogP) is 3.41. The molecular weight excluding hydrogens is 373 g/mol. The third-order valence-electron chi connectivity index (χ3n) is 5.22. The van der Waals surface area contributed by atoms with Crippen LogP contribution in [0.5, 0.6) is 0 Å². The van der Waals surface area contributed by atoms with Crippen LogP contribution in [-0.4, -0.2) is 53.0 Å². The molecule has 148 valence electrons. The van der Waals surface area contributed by atoms with Crippen LogP contribution in [0.3, 0.4) is 0 Å². The van der Waals surface area contributed by atoms with Gasteiger partial charge in [0.2, 0.25) is 5.91 Å². The third-order valence-corrected chi connectivity index (χ3v) is 5.22. The van der Waals surface area contributed by atoms with Crippen molar-refractivity contribution >= 4 is 28.5 Å². The van der Waals surface area contributed by atoms with Crippen LogP contribution in [0.4, 0.5) is 10.1 Å². The number of hydrogen-bond acceptors (Lipinski definition) is 4. The number of piperazine rings is 1. The molecule has 1 saturated heterocycles. The van der Waals surface area contributed by atoms with Crippen LogP contribution in [0.15, 0.2) is 48.5 Å². The van der Waals surface area contributed by atoms with Gasteiger partial charge in [0.15, 0.2) is 0 Å². The highest BCUT2D eigenvalue weighted by molar-refractivity contribution is 5.96. The first-order valence-corrected chi connectivity index (χ1v) is 9.37. The number of amides is 1. The fourth-order valence-corrected chi connectivity index (χ4v) is 3.62. The van der Waals surface area contributed by atoms with E-state index in [2.05, 4.69) is 4.90 Å². The molecule has 7 heteroatoms. The van der Waals surface area contributed by atoms with Crippen LogP contribution in [0.2, 0.25) is 0 Å². The van der Waals surface area contributed by atoms with E-state index >= 15 is 0 Å². The number of nitrogens with zero attached hydrogens (tertiary/aromatic N) is 3. The van der Waals surface area contributed by atoms with E-state index in [4.69, 9.17) is 4.98 Å². The van der Waals surface area contributed by atoms with Crippen molar-refractivity contribution in [1.29, 1.82) is 0 Å². The zero-order chi connectivity index (χ0) is 20.5. The van der Waals surface area contributed by atoms with Crippen molar-refractivity contribution < 1.29 is 19.1 Å². The van der Waals surface area contributed by atoms with Gasteiger partial charge < -0.3 is 14.9 Å². The van der Waals surface area contributed by atoms with Gasteiger partial charge in [-0.1, -0.05) is 0 Å². The number of hydrogen-bond donors (Lipinski definition) is 1. The number of aromatic nitrogens is 1. The first-order valence-electron chi connectivity index (χ1n) is 9.37. The molecule has 6 nitrogen and oxygen atoms in total. The Hall–Kier alpha value is -3.48. The lowest BCUT2D eigenvalue weighted by molar-refractivity contribution is -0.129. The van der Waals surface area contributed by atoms with E-state index in [9.17, 15) is 19.1 Å². The van der Waals surface area contributed by atoms with Crippen molar-refractivity contribution in [1.82, 2.24) is 9.88 Å². The summed E-state index contributed by atoms with van der Waals surface area (Å²) in [5.74, 6) is -1.27. The molecule has 1 aliphatic heterocycles. The maximum Gasteiger partial charge on any atom is 0.335 e. The molecule has 0 atom stereocenters. The number of carboxylic acids is 1. The van der Waals surface area contributed by atoms with Crippen molar-refractivity contribution in [2.45, 2.75) is 6.92 Å². The van der Waals surface area contributed by atoms with E-state index in [1.54, 1.807) is 36.1 Å². The second-order valence-electron chi connectivity index (χ2n) is 7.07. The number of carbonyl (C=O) groups is 2. The fourth-order valence-electron chi connectivity index (χ4n) is 3.62. The van der Waals surface area contributed by atoms with Crippen molar-refractivity contribution in [3.8, 4) is 11.3 Å². The summed E-state index contributed by atoms with van der Waals surface area (Å²) in [6, 6.07) is 12.9. The van der Waals surface area contributed by atoms with Gasteiger partial charge in [0.1, 0.15) is 5.82 Å². The molecule has 3 aromatic rings. The molecule has 0 spiro atoms. The van der Waals surface area contributed by atoms with E-state index in [0.717, 1.165) is 16.6 Å². The summed E-state index contributed by atoms with van der Waals surface area (Å²) >= 11 is 0. The van der Waals surface area contributed by atoms with Gasteiger partial charge in [0.25, 0.3) is 0 Å². The minimum atomic E-state index is -0.994. The number of pyridine rings is 1. The number of carboxylic acid groups (broad SMARTS) is 1. The number of rotatable bonds is 3. The Morgan fingerprint density at radius 3 is 2.31 bits per heavy atom. The molecule has 0 radical (unpaired) electrons. The van der Waals surface area contributed by atoms with E-state index in [-0.39, 0.29) is 17.3 Å². The molecule has 0 aliphatic carbocycles. The second-order valence-corrected chi connectivity index (χ2v) is 7.07. The average Bonchev–Trinajstić information content (AvgIpc) is 2.73. The van der Waals surface area contributed by atoms with Crippen molar-refractivity contribution in [2.75, 3.05) is 31.1 Å². The minimum absolute atomic E-state index is 0.0474. The number of halogens is 1. The Kier molecular flexibility index (Phi) is 4.88. The number of anilines is 1. The maximum absolute atomic E-state index is 13.4. The van der Waals surface area contributed by atoms with Crippen LogP contribution in [0, 0.1) is 5.82 Å². The largest absolute Gasteiger partial charge is 0.478 e. The van der Waals surface area contributed by atoms with Crippen LogP contribution in [0.25, 0.3) is 22.2 Å². The van der Waals surface area contributed by atoms with Crippen molar-refractivity contribution in [3.63, 3.8) is 0 Å². The standard InChI is InChI=1S/C22H20FN3O3/c1-14(27)25-8-10-26(11-9-25)20-13-17-12-16(22(28)29)4-7-19(17)24-21(20)15-2-5-18(23)6-3-15/h2-7,12-13H,8-11H2,1H3,(H,28,29). The summed E-state index contributed by atoms with van der Waals surface area (Å²) in [6.07, 6.45) is 0. The van der Waals surface area contributed by atoms with Gasteiger partial charge in [-0.3, -0.25) is 4.79 Å². The van der Waals surface area contributed by atoms with Gasteiger partial charge in [0.05, 0.1) is 22.5 Å². The molecule has 1 fully saturated rings. The molecule has 2 heterocycles. The Bertz CT molecular complexity index is 1090. The summed E-state index contributed by atoms with van der Waals surface area (Å²) in [7, 11) is 0. The van der Waals surface area contributed by atoms with Gasteiger partial charge in [-0.15, -0.1) is 0 Å². The average molecular weight is 393 g/mol. The lowest BCUT2D eigenvalue weighted by atomic mass is 10.0. The first-order chi connectivity index (χ1) is 13.9. The van der Waals surface area contributed by atoms with Gasteiger partial charge in [0, 0.05) is 44.1 Å². The highest BCUT2D eigenvalue weighted by atomic mass is 19.1. The van der Waals surface area contributed by atoms with Crippen molar-refractivity contribution in [2.24, 2.45) is 0 Å². The number of fused-ring (bicyclic) bond motifs is 1. The molecule has 1 aliphatic rings. The summed E-state index contributed by atoms with van der Waals surface area (Å²) in [6.45, 7) is 4.04. The Morgan fingerprint density at radius 2 is 1.69 bits per heavy atom. The van der Waals surface area contributed by atoms with Crippen LogP contribution in [0.1, 0.15) is 17.3 Å². The normalized spacial score (nSPS) is 14.3. The first kappa shape index (κ1) is 18.9. The zero-order valence-electron chi connectivity index (χ0n) is 15.9. The maximum atomic E-state index is 13.4. The molecule has 1 N–H and O–H groups in total. The van der Waals surface area contributed by atoms with Gasteiger partial charge in [-0.05, 0) is 48.5 Å². The molecule has 29 heavy (non-hydrogen) atoms. The monoisotopic (exact) mass is 393 g/mol. The van der Waals surface area contributed by atoms with E-state index in [0.29, 0.717) is 37.4 Å². The quantitative estimate of drug-likeness (QED) is 0.738. The highest BCUT2D eigenvalue weighted by Crippen LogP contribution is 2.33. The van der Waals surface area contributed by atoms with Crippen LogP contribution >= 0.6 is 0 Å². The predicted molar refractivity (Wildman–Crippen MR) is 109 cm³/mol. The second kappa shape index (κ2) is 7.50. The molecule has 1 amide bonds. The molecule has 0 saturated carbocycles. The molecular formula is C22H20FN3O3. The number of aromatic carboxylic acids is 1. The molecule has 4 rings (SSSR count). The SMILES string of the molecule is CC(=O)N1CCN(c2cc3cc(C(=O)O)ccc3nc2-c2ccc(F)cc2)CC1. The summed E-state index contributed by atoms with van der Waals surface area (Å²) in [5.41, 5.74) is 3.19. The van der Waals surface area contributed by atoms with E-state index in [1.165, 1.54) is 18.2 Å². The Balaban J connectivity index is 1.82. The van der Waals surface area contributed by atoms with Crippen LogP contribution < -0.4 is 4.90 Å². The Morgan fingerprint density at radius 1 is 1.00 bits per heavy atom. The number of benzene rings is 2. The molecule has 0 bridgehead atoms. The van der Waals surface area contributed by atoms with E-state index < -0.39 is 5.97 Å². The number of carbonyl (C=O) groups excluding carboxylic acids is 1. The molecule has 2 aromatic carbocycles. The molecule has 1 aromatic heterocycles. The van der Waals surface area contributed by atoms with E-state index in [1.807, 2.05) is 6.07 Å².